The average Bonchev–Trinajstić information content (AvgIpc) is 2.67. The first-order valence-corrected chi connectivity index (χ1v) is 10.7. The van der Waals surface area contributed by atoms with E-state index < -0.39 is 12.1 Å². The van der Waals surface area contributed by atoms with Gasteiger partial charge in [0.05, 0.1) is 6.61 Å². The van der Waals surface area contributed by atoms with Gasteiger partial charge in [0.1, 0.15) is 6.61 Å². The van der Waals surface area contributed by atoms with Gasteiger partial charge in [-0.3, -0.25) is 0 Å². The summed E-state index contributed by atoms with van der Waals surface area (Å²) >= 11 is 0. The summed E-state index contributed by atoms with van der Waals surface area (Å²) in [6, 6.07) is 0. The van der Waals surface area contributed by atoms with Gasteiger partial charge in [-0.05, 0) is 6.42 Å². The van der Waals surface area contributed by atoms with Crippen LogP contribution in [0.3, 0.4) is 0 Å². The Morgan fingerprint density at radius 1 is 0.808 bits per heavy atom. The molecule has 156 valence electrons. The fourth-order valence-corrected chi connectivity index (χ4v) is 2.89. The molecule has 1 unspecified atom stereocenters. The topological polar surface area (TPSA) is 66.8 Å². The number of carbonyl (C=O) groups excluding carboxylic acids is 1. The largest absolute Gasteiger partial charge is 0.461 e. The Morgan fingerprint density at radius 2 is 1.19 bits per heavy atom. The second-order valence-corrected chi connectivity index (χ2v) is 6.79. The molecular weight excluding hydrogens is 328 g/mol. The maximum absolute atomic E-state index is 11.3. The maximum Gasteiger partial charge on any atom is 0.335 e. The van der Waals surface area contributed by atoms with Gasteiger partial charge in [0.15, 0.2) is 6.10 Å². The van der Waals surface area contributed by atoms with E-state index in [0.717, 1.165) is 12.8 Å². The summed E-state index contributed by atoms with van der Waals surface area (Å²) in [5.74, 6) is -0.612. The first-order valence-electron chi connectivity index (χ1n) is 10.7. The minimum absolute atomic E-state index is 0.0331. The standard InChI is InChI=1S/C20H40O4.C2H4/c1-2-3-4-5-6-7-8-9-10-11-12-13-14-15-16-19(22)20(23)24-18-17-21;1-2/h19,21-22H,2-18H2,1H3;1-2H2. The fraction of sp³-hybridized carbons (Fsp3) is 0.864. The quantitative estimate of drug-likeness (QED) is 0.188. The highest BCUT2D eigenvalue weighted by atomic mass is 16.6. The van der Waals surface area contributed by atoms with Crippen molar-refractivity contribution in [2.45, 2.75) is 109 Å². The molecule has 0 aromatic rings. The molecule has 0 fully saturated rings. The van der Waals surface area contributed by atoms with Gasteiger partial charge < -0.3 is 14.9 Å². The van der Waals surface area contributed by atoms with Gasteiger partial charge in [-0.1, -0.05) is 96.8 Å². The highest BCUT2D eigenvalue weighted by Crippen LogP contribution is 2.13. The van der Waals surface area contributed by atoms with Gasteiger partial charge >= 0.3 is 5.97 Å². The summed E-state index contributed by atoms with van der Waals surface area (Å²) in [6.07, 6.45) is 17.5. The molecule has 0 amide bonds. The van der Waals surface area contributed by atoms with Crippen molar-refractivity contribution in [2.75, 3.05) is 13.2 Å². The Morgan fingerprint density at radius 3 is 1.58 bits per heavy atom. The number of hydrogen-bond acceptors (Lipinski definition) is 4. The molecule has 0 aliphatic rings. The SMILES string of the molecule is C=C.CCCCCCCCCCCCCCCCC(O)C(=O)OCCO. The van der Waals surface area contributed by atoms with Crippen LogP contribution in [0.2, 0.25) is 0 Å². The van der Waals surface area contributed by atoms with Gasteiger partial charge in [-0.2, -0.15) is 0 Å². The maximum atomic E-state index is 11.3. The first-order chi connectivity index (χ1) is 12.7. The van der Waals surface area contributed by atoms with Crippen molar-refractivity contribution >= 4 is 5.97 Å². The molecule has 4 nitrogen and oxygen atoms in total. The van der Waals surface area contributed by atoms with Crippen LogP contribution in [0.1, 0.15) is 103 Å². The highest BCUT2D eigenvalue weighted by Gasteiger charge is 2.15. The smallest absolute Gasteiger partial charge is 0.335 e. The molecular formula is C22H44O4. The Kier molecular flexibility index (Phi) is 25.4. The minimum Gasteiger partial charge on any atom is -0.461 e. The van der Waals surface area contributed by atoms with E-state index >= 15 is 0 Å². The molecule has 0 aliphatic heterocycles. The predicted molar refractivity (Wildman–Crippen MR) is 110 cm³/mol. The van der Waals surface area contributed by atoms with Gasteiger partial charge in [-0.15, -0.1) is 13.2 Å². The zero-order chi connectivity index (χ0) is 19.9. The average molecular weight is 373 g/mol. The molecule has 0 aromatic carbocycles. The predicted octanol–water partition coefficient (Wildman–Crippen LogP) is 5.56. The Balaban J connectivity index is 0. The third-order valence-electron chi connectivity index (χ3n) is 4.44. The molecule has 26 heavy (non-hydrogen) atoms. The van der Waals surface area contributed by atoms with Crippen LogP contribution >= 0.6 is 0 Å². The molecule has 0 aliphatic carbocycles. The number of aliphatic hydroxyl groups excluding tert-OH is 2. The van der Waals surface area contributed by atoms with Crippen LogP contribution in [0.5, 0.6) is 0 Å². The fourth-order valence-electron chi connectivity index (χ4n) is 2.89. The van der Waals surface area contributed by atoms with Gasteiger partial charge in [0.2, 0.25) is 0 Å². The van der Waals surface area contributed by atoms with E-state index in [1.54, 1.807) is 0 Å². The number of hydrogen-bond donors (Lipinski definition) is 2. The van der Waals surface area contributed by atoms with Crippen LogP contribution in [-0.2, 0) is 9.53 Å². The molecule has 1 atom stereocenters. The number of ether oxygens (including phenoxy) is 1. The lowest BCUT2D eigenvalue weighted by molar-refractivity contribution is -0.154. The summed E-state index contributed by atoms with van der Waals surface area (Å²) in [6.45, 7) is 8.03. The minimum atomic E-state index is -1.03. The van der Waals surface area contributed by atoms with E-state index in [1.165, 1.54) is 77.0 Å². The molecule has 0 aromatic heterocycles. The second kappa shape index (κ2) is 24.1. The zero-order valence-corrected chi connectivity index (χ0v) is 17.2. The number of esters is 1. The molecule has 0 radical (unpaired) electrons. The van der Waals surface area contributed by atoms with Crippen molar-refractivity contribution in [3.05, 3.63) is 13.2 Å². The molecule has 0 saturated heterocycles. The van der Waals surface area contributed by atoms with Crippen molar-refractivity contribution < 1.29 is 19.7 Å². The molecule has 0 bridgehead atoms. The molecule has 4 heteroatoms. The lowest BCUT2D eigenvalue weighted by atomic mass is 10.0. The number of aliphatic hydroxyl groups is 2. The van der Waals surface area contributed by atoms with Crippen molar-refractivity contribution in [1.29, 1.82) is 0 Å². The van der Waals surface area contributed by atoms with Crippen LogP contribution in [0, 0.1) is 0 Å². The van der Waals surface area contributed by atoms with Gasteiger partial charge in [0, 0.05) is 0 Å². The van der Waals surface area contributed by atoms with Gasteiger partial charge in [-0.25, -0.2) is 4.79 Å². The van der Waals surface area contributed by atoms with E-state index in [1.807, 2.05) is 0 Å². The van der Waals surface area contributed by atoms with E-state index in [-0.39, 0.29) is 13.2 Å². The Hall–Kier alpha value is -0.870. The third-order valence-corrected chi connectivity index (χ3v) is 4.44. The third kappa shape index (κ3) is 21.2. The molecule has 0 spiro atoms. The summed E-state index contributed by atoms with van der Waals surface area (Å²) in [5.41, 5.74) is 0. The highest BCUT2D eigenvalue weighted by molar-refractivity contribution is 5.74. The van der Waals surface area contributed by atoms with Crippen molar-refractivity contribution in [1.82, 2.24) is 0 Å². The lowest BCUT2D eigenvalue weighted by Crippen LogP contribution is -2.24. The summed E-state index contributed by atoms with van der Waals surface area (Å²) in [7, 11) is 0. The molecule has 0 rings (SSSR count). The van der Waals surface area contributed by atoms with E-state index in [2.05, 4.69) is 24.8 Å². The van der Waals surface area contributed by atoms with Crippen molar-refractivity contribution in [3.63, 3.8) is 0 Å². The van der Waals surface area contributed by atoms with Gasteiger partial charge in [0.25, 0.3) is 0 Å². The molecule has 0 heterocycles. The summed E-state index contributed by atoms with van der Waals surface area (Å²) in [5, 5.41) is 18.1. The lowest BCUT2D eigenvalue weighted by Gasteiger charge is -2.09. The Bertz CT molecular complexity index is 281. The number of rotatable bonds is 18. The van der Waals surface area contributed by atoms with E-state index in [0.29, 0.717) is 6.42 Å². The van der Waals surface area contributed by atoms with Crippen LogP contribution in [0.15, 0.2) is 13.2 Å². The monoisotopic (exact) mass is 372 g/mol. The van der Waals surface area contributed by atoms with Crippen molar-refractivity contribution in [2.24, 2.45) is 0 Å². The Labute approximate surface area is 162 Å². The molecule has 0 saturated carbocycles. The van der Waals surface area contributed by atoms with Crippen LogP contribution < -0.4 is 0 Å². The zero-order valence-electron chi connectivity index (χ0n) is 17.2. The number of unbranched alkanes of at least 4 members (excludes halogenated alkanes) is 13. The number of carbonyl (C=O) groups is 1. The van der Waals surface area contributed by atoms with E-state index in [9.17, 15) is 9.90 Å². The van der Waals surface area contributed by atoms with Crippen LogP contribution in [0.25, 0.3) is 0 Å². The second-order valence-electron chi connectivity index (χ2n) is 6.79. The first kappa shape index (κ1) is 27.3. The van der Waals surface area contributed by atoms with Crippen molar-refractivity contribution in [3.8, 4) is 0 Å². The summed E-state index contributed by atoms with van der Waals surface area (Å²) < 4.78 is 4.68. The van der Waals surface area contributed by atoms with Crippen LogP contribution in [0.4, 0.5) is 0 Å². The summed E-state index contributed by atoms with van der Waals surface area (Å²) in [4.78, 5) is 11.3. The van der Waals surface area contributed by atoms with Crippen LogP contribution in [-0.4, -0.2) is 35.5 Å². The van der Waals surface area contributed by atoms with E-state index in [4.69, 9.17) is 5.11 Å². The molecule has 2 N–H and O–H groups in total. The normalized spacial score (nSPS) is 11.5.